The SMILES string of the molecule is Cc1c(Br)c(C(F)(F)F)nn1C(C)C(=O)NC(C)c1cccc(-n2cccc2)c1. The first-order chi connectivity index (χ1) is 13.6. The number of hydrogen-bond donors (Lipinski definition) is 1. The van der Waals surface area contributed by atoms with Crippen molar-refractivity contribution < 1.29 is 18.0 Å². The number of hydrogen-bond acceptors (Lipinski definition) is 2. The predicted molar refractivity (Wildman–Crippen MR) is 107 cm³/mol. The molecule has 1 aromatic carbocycles. The third-order valence-corrected chi connectivity index (χ3v) is 5.67. The van der Waals surface area contributed by atoms with Gasteiger partial charge in [-0.1, -0.05) is 12.1 Å². The van der Waals surface area contributed by atoms with Gasteiger partial charge < -0.3 is 9.88 Å². The second kappa shape index (κ2) is 8.06. The van der Waals surface area contributed by atoms with Crippen molar-refractivity contribution in [2.45, 2.75) is 39.0 Å². The molecule has 29 heavy (non-hydrogen) atoms. The molecule has 2 unspecified atom stereocenters. The van der Waals surface area contributed by atoms with Gasteiger partial charge in [-0.15, -0.1) is 0 Å². The second-order valence-electron chi connectivity index (χ2n) is 6.78. The molecule has 154 valence electrons. The standard InChI is InChI=1S/C20H20BrF3N4O/c1-12(15-7-6-8-16(11-15)27-9-4-5-10-27)25-19(29)14(3)28-13(2)17(21)18(26-28)20(22,23)24/h4-12,14H,1-3H3,(H,25,29). The fraction of sp³-hybridized carbons (Fsp3) is 0.300. The minimum Gasteiger partial charge on any atom is -0.348 e. The molecule has 3 aromatic rings. The minimum atomic E-state index is -4.60. The highest BCUT2D eigenvalue weighted by atomic mass is 79.9. The number of rotatable bonds is 5. The van der Waals surface area contributed by atoms with Crippen LogP contribution in [0.4, 0.5) is 13.2 Å². The maximum absolute atomic E-state index is 13.1. The highest BCUT2D eigenvalue weighted by molar-refractivity contribution is 9.10. The number of benzene rings is 1. The molecule has 0 saturated carbocycles. The van der Waals surface area contributed by atoms with Gasteiger partial charge in [0.2, 0.25) is 5.91 Å². The summed E-state index contributed by atoms with van der Waals surface area (Å²) in [6.45, 7) is 4.83. The van der Waals surface area contributed by atoms with Crippen LogP contribution >= 0.6 is 15.9 Å². The van der Waals surface area contributed by atoms with Crippen LogP contribution in [0.5, 0.6) is 0 Å². The van der Waals surface area contributed by atoms with Gasteiger partial charge in [0.05, 0.1) is 16.2 Å². The molecular weight excluding hydrogens is 449 g/mol. The van der Waals surface area contributed by atoms with Gasteiger partial charge in [-0.05, 0) is 66.5 Å². The van der Waals surface area contributed by atoms with Crippen molar-refractivity contribution in [3.8, 4) is 5.69 Å². The van der Waals surface area contributed by atoms with E-state index < -0.39 is 23.8 Å². The summed E-state index contributed by atoms with van der Waals surface area (Å²) >= 11 is 2.93. The van der Waals surface area contributed by atoms with Crippen molar-refractivity contribution in [3.05, 3.63) is 70.2 Å². The highest BCUT2D eigenvalue weighted by Gasteiger charge is 2.39. The number of nitrogens with one attached hydrogen (secondary N) is 1. The Balaban J connectivity index is 1.78. The van der Waals surface area contributed by atoms with E-state index in [0.717, 1.165) is 15.9 Å². The monoisotopic (exact) mass is 468 g/mol. The summed E-state index contributed by atoms with van der Waals surface area (Å²) < 4.78 is 42.1. The first-order valence-electron chi connectivity index (χ1n) is 8.95. The largest absolute Gasteiger partial charge is 0.436 e. The molecule has 0 aliphatic heterocycles. The van der Waals surface area contributed by atoms with Crippen LogP contribution < -0.4 is 5.32 Å². The van der Waals surface area contributed by atoms with E-state index in [2.05, 4.69) is 26.3 Å². The summed E-state index contributed by atoms with van der Waals surface area (Å²) in [5.41, 5.74) is 1.03. The Morgan fingerprint density at radius 2 is 1.83 bits per heavy atom. The van der Waals surface area contributed by atoms with Crippen molar-refractivity contribution in [3.63, 3.8) is 0 Å². The molecule has 0 saturated heterocycles. The molecule has 9 heteroatoms. The lowest BCUT2D eigenvalue weighted by molar-refractivity contribution is -0.142. The number of nitrogens with zero attached hydrogens (tertiary/aromatic N) is 3. The summed E-state index contributed by atoms with van der Waals surface area (Å²) in [4.78, 5) is 12.7. The molecule has 5 nitrogen and oxygen atoms in total. The molecule has 2 heterocycles. The van der Waals surface area contributed by atoms with Gasteiger partial charge in [0.25, 0.3) is 0 Å². The molecule has 0 spiro atoms. The van der Waals surface area contributed by atoms with Crippen LogP contribution in [0.3, 0.4) is 0 Å². The van der Waals surface area contributed by atoms with Gasteiger partial charge in [-0.2, -0.15) is 18.3 Å². The Bertz CT molecular complexity index is 1010. The van der Waals surface area contributed by atoms with Gasteiger partial charge in [-0.3, -0.25) is 9.48 Å². The Morgan fingerprint density at radius 3 is 2.41 bits per heavy atom. The molecule has 2 aromatic heterocycles. The normalized spacial score (nSPS) is 13.9. The van der Waals surface area contributed by atoms with Gasteiger partial charge >= 0.3 is 6.18 Å². The number of carbonyl (C=O) groups excluding carboxylic acids is 1. The van der Waals surface area contributed by atoms with Crippen LogP contribution in [0.2, 0.25) is 0 Å². The molecule has 2 atom stereocenters. The number of aromatic nitrogens is 3. The van der Waals surface area contributed by atoms with E-state index in [1.54, 1.807) is 0 Å². The fourth-order valence-corrected chi connectivity index (χ4v) is 3.53. The van der Waals surface area contributed by atoms with Gasteiger partial charge in [0.15, 0.2) is 5.69 Å². The predicted octanol–water partition coefficient (Wildman–Crippen LogP) is 5.20. The van der Waals surface area contributed by atoms with Crippen molar-refractivity contribution in [1.82, 2.24) is 19.7 Å². The van der Waals surface area contributed by atoms with E-state index in [0.29, 0.717) is 0 Å². The molecule has 3 rings (SSSR count). The summed E-state index contributed by atoms with van der Waals surface area (Å²) in [6.07, 6.45) is -0.765. The van der Waals surface area contributed by atoms with Crippen LogP contribution in [0.15, 0.2) is 53.3 Å². The molecule has 0 aliphatic rings. The van der Waals surface area contributed by atoms with E-state index >= 15 is 0 Å². The van der Waals surface area contributed by atoms with Gasteiger partial charge in [-0.25, -0.2) is 0 Å². The maximum atomic E-state index is 13.1. The Kier molecular flexibility index (Phi) is 5.88. The van der Waals surface area contributed by atoms with Crippen LogP contribution in [0, 0.1) is 6.92 Å². The summed E-state index contributed by atoms with van der Waals surface area (Å²) in [6, 6.07) is 10.3. The van der Waals surface area contributed by atoms with E-state index in [1.165, 1.54) is 13.8 Å². The molecule has 0 bridgehead atoms. The Labute approximate surface area is 174 Å². The maximum Gasteiger partial charge on any atom is 0.436 e. The average Bonchev–Trinajstić information content (AvgIpc) is 3.30. The van der Waals surface area contributed by atoms with Gasteiger partial charge in [0, 0.05) is 18.1 Å². The van der Waals surface area contributed by atoms with E-state index in [-0.39, 0.29) is 16.2 Å². The zero-order chi connectivity index (χ0) is 21.3. The lowest BCUT2D eigenvalue weighted by Gasteiger charge is -2.20. The zero-order valence-electron chi connectivity index (χ0n) is 16.0. The second-order valence-corrected chi connectivity index (χ2v) is 7.57. The lowest BCUT2D eigenvalue weighted by atomic mass is 10.1. The summed E-state index contributed by atoms with van der Waals surface area (Å²) in [5, 5.41) is 6.47. The molecular formula is C20H20BrF3N4O. The number of carbonyl (C=O) groups is 1. The quantitative estimate of drug-likeness (QED) is 0.559. The molecule has 0 radical (unpaired) electrons. The van der Waals surface area contributed by atoms with E-state index in [4.69, 9.17) is 0 Å². The van der Waals surface area contributed by atoms with Crippen molar-refractivity contribution >= 4 is 21.8 Å². The van der Waals surface area contributed by atoms with Crippen LogP contribution in [0.1, 0.15) is 42.9 Å². The first-order valence-corrected chi connectivity index (χ1v) is 9.74. The topological polar surface area (TPSA) is 51.9 Å². The Morgan fingerprint density at radius 1 is 1.17 bits per heavy atom. The number of halogens is 4. The molecule has 1 amide bonds. The van der Waals surface area contributed by atoms with E-state index in [1.807, 2.05) is 60.3 Å². The van der Waals surface area contributed by atoms with Crippen molar-refractivity contribution in [2.75, 3.05) is 0 Å². The van der Waals surface area contributed by atoms with E-state index in [9.17, 15) is 18.0 Å². The Hall–Kier alpha value is -2.55. The number of alkyl halides is 3. The highest BCUT2D eigenvalue weighted by Crippen LogP contribution is 2.36. The van der Waals surface area contributed by atoms with Crippen LogP contribution in [0.25, 0.3) is 5.69 Å². The molecule has 0 aliphatic carbocycles. The first kappa shape index (κ1) is 21.2. The van der Waals surface area contributed by atoms with Crippen LogP contribution in [-0.2, 0) is 11.0 Å². The minimum absolute atomic E-state index is 0.155. The number of amides is 1. The smallest absolute Gasteiger partial charge is 0.348 e. The fourth-order valence-electron chi connectivity index (χ4n) is 3.05. The third-order valence-electron chi connectivity index (χ3n) is 4.72. The summed E-state index contributed by atoms with van der Waals surface area (Å²) in [5.74, 6) is -0.421. The lowest BCUT2D eigenvalue weighted by Crippen LogP contribution is -2.34. The van der Waals surface area contributed by atoms with Crippen LogP contribution in [-0.4, -0.2) is 20.3 Å². The van der Waals surface area contributed by atoms with Crippen molar-refractivity contribution in [2.24, 2.45) is 0 Å². The molecule has 0 fully saturated rings. The third kappa shape index (κ3) is 4.39. The zero-order valence-corrected chi connectivity index (χ0v) is 17.6. The van der Waals surface area contributed by atoms with Gasteiger partial charge in [0.1, 0.15) is 6.04 Å². The van der Waals surface area contributed by atoms with Crippen molar-refractivity contribution in [1.29, 1.82) is 0 Å². The molecule has 1 N–H and O–H groups in total. The summed E-state index contributed by atoms with van der Waals surface area (Å²) in [7, 11) is 0. The average molecular weight is 469 g/mol.